The van der Waals surface area contributed by atoms with E-state index in [0.29, 0.717) is 5.78 Å². The summed E-state index contributed by atoms with van der Waals surface area (Å²) in [7, 11) is 0. The molecular weight excluding hydrogens is 136 g/mol. The van der Waals surface area contributed by atoms with Crippen LogP contribution in [0.3, 0.4) is 0 Å². The highest BCUT2D eigenvalue weighted by Gasteiger charge is 2.13. The molecule has 0 N–H and O–H groups in total. The lowest BCUT2D eigenvalue weighted by Crippen LogP contribution is -2.07. The van der Waals surface area contributed by atoms with Crippen molar-refractivity contribution in [3.63, 3.8) is 0 Å². The van der Waals surface area contributed by atoms with Crippen molar-refractivity contribution in [1.82, 2.24) is 0 Å². The van der Waals surface area contributed by atoms with Crippen LogP contribution in [0.1, 0.15) is 39.0 Å². The predicted octanol–water partition coefficient (Wildman–Crippen LogP) is 2.62. The SMILES string of the molecule is CCC=C=C1CCCCC1=O. The van der Waals surface area contributed by atoms with Gasteiger partial charge in [-0.25, -0.2) is 0 Å². The van der Waals surface area contributed by atoms with Crippen molar-refractivity contribution in [3.05, 3.63) is 17.4 Å². The summed E-state index contributed by atoms with van der Waals surface area (Å²) in [6.45, 7) is 2.06. The van der Waals surface area contributed by atoms with Crippen LogP contribution in [0, 0.1) is 0 Å². The molecule has 0 aromatic rings. The van der Waals surface area contributed by atoms with Crippen LogP contribution in [0.15, 0.2) is 17.4 Å². The first kappa shape index (κ1) is 8.29. The fourth-order valence-corrected chi connectivity index (χ4v) is 1.26. The molecule has 0 aliphatic heterocycles. The van der Waals surface area contributed by atoms with Gasteiger partial charge in [0.2, 0.25) is 0 Å². The first-order valence-corrected chi connectivity index (χ1v) is 4.32. The minimum absolute atomic E-state index is 0.306. The number of allylic oxidation sites excluding steroid dienone is 1. The second kappa shape index (κ2) is 4.15. The predicted molar refractivity (Wildman–Crippen MR) is 45.4 cm³/mol. The van der Waals surface area contributed by atoms with E-state index in [4.69, 9.17) is 0 Å². The molecule has 0 amide bonds. The maximum absolute atomic E-state index is 11.2. The first-order chi connectivity index (χ1) is 5.34. The number of ketones is 1. The van der Waals surface area contributed by atoms with E-state index >= 15 is 0 Å². The topological polar surface area (TPSA) is 17.1 Å². The van der Waals surface area contributed by atoms with Crippen LogP contribution in [0.2, 0.25) is 0 Å². The third-order valence-electron chi connectivity index (χ3n) is 1.90. The van der Waals surface area contributed by atoms with Gasteiger partial charge in [0.25, 0.3) is 0 Å². The van der Waals surface area contributed by atoms with Gasteiger partial charge in [-0.3, -0.25) is 4.79 Å². The van der Waals surface area contributed by atoms with Crippen LogP contribution in [0.5, 0.6) is 0 Å². The molecular formula is C10H14O. The van der Waals surface area contributed by atoms with E-state index in [-0.39, 0.29) is 0 Å². The number of rotatable bonds is 1. The quantitative estimate of drug-likeness (QED) is 0.415. The van der Waals surface area contributed by atoms with E-state index < -0.39 is 0 Å². The maximum atomic E-state index is 11.2. The lowest BCUT2D eigenvalue weighted by atomic mass is 9.94. The molecule has 0 saturated heterocycles. The summed E-state index contributed by atoms with van der Waals surface area (Å²) in [6.07, 6.45) is 6.81. The third-order valence-corrected chi connectivity index (χ3v) is 1.90. The molecule has 1 aliphatic rings. The average Bonchev–Trinajstić information content (AvgIpc) is 2.03. The van der Waals surface area contributed by atoms with Crippen LogP contribution in [0.4, 0.5) is 0 Å². The van der Waals surface area contributed by atoms with Crippen LogP contribution < -0.4 is 0 Å². The van der Waals surface area contributed by atoms with Crippen molar-refractivity contribution in [2.75, 3.05) is 0 Å². The van der Waals surface area contributed by atoms with Crippen molar-refractivity contribution in [3.8, 4) is 0 Å². The second-order valence-corrected chi connectivity index (χ2v) is 2.87. The highest BCUT2D eigenvalue weighted by atomic mass is 16.1. The Morgan fingerprint density at radius 3 is 2.82 bits per heavy atom. The first-order valence-electron chi connectivity index (χ1n) is 4.32. The van der Waals surface area contributed by atoms with Gasteiger partial charge in [0.05, 0.1) is 0 Å². The molecule has 1 nitrogen and oxygen atoms in total. The molecule has 1 fully saturated rings. The van der Waals surface area contributed by atoms with E-state index in [1.54, 1.807) is 0 Å². The molecule has 0 spiro atoms. The van der Waals surface area contributed by atoms with E-state index in [9.17, 15) is 4.79 Å². The van der Waals surface area contributed by atoms with Crippen molar-refractivity contribution < 1.29 is 4.79 Å². The molecule has 0 atom stereocenters. The van der Waals surface area contributed by atoms with Crippen molar-refractivity contribution in [2.24, 2.45) is 0 Å². The Morgan fingerprint density at radius 2 is 2.18 bits per heavy atom. The largest absolute Gasteiger partial charge is 0.294 e. The van der Waals surface area contributed by atoms with Crippen LogP contribution in [-0.4, -0.2) is 5.78 Å². The lowest BCUT2D eigenvalue weighted by Gasteiger charge is -2.09. The van der Waals surface area contributed by atoms with Crippen molar-refractivity contribution in [2.45, 2.75) is 39.0 Å². The molecule has 1 saturated carbocycles. The van der Waals surface area contributed by atoms with Gasteiger partial charge < -0.3 is 0 Å². The Labute approximate surface area is 67.8 Å². The van der Waals surface area contributed by atoms with Crippen LogP contribution >= 0.6 is 0 Å². The summed E-state index contributed by atoms with van der Waals surface area (Å²) in [5.74, 6) is 0.306. The average molecular weight is 150 g/mol. The molecule has 1 heteroatoms. The van der Waals surface area contributed by atoms with E-state index in [2.05, 4.69) is 12.7 Å². The Bertz CT molecular complexity index is 207. The third kappa shape index (κ3) is 2.36. The van der Waals surface area contributed by atoms with Gasteiger partial charge in [0.1, 0.15) is 0 Å². The minimum atomic E-state index is 0.306. The van der Waals surface area contributed by atoms with Gasteiger partial charge in [-0.05, 0) is 31.8 Å². The normalized spacial score (nSPS) is 17.9. The molecule has 0 radical (unpaired) electrons. The zero-order chi connectivity index (χ0) is 8.10. The van der Waals surface area contributed by atoms with Gasteiger partial charge in [-0.15, -0.1) is 5.73 Å². The Morgan fingerprint density at radius 1 is 1.45 bits per heavy atom. The molecule has 0 aromatic heterocycles. The Hall–Kier alpha value is -0.810. The summed E-state index contributed by atoms with van der Waals surface area (Å²) in [5.41, 5.74) is 3.98. The Kier molecular flexibility index (Phi) is 3.13. The zero-order valence-corrected chi connectivity index (χ0v) is 7.02. The van der Waals surface area contributed by atoms with Gasteiger partial charge >= 0.3 is 0 Å². The number of Topliss-reactive ketones (excluding diaryl/α,β-unsaturated/α-hetero) is 1. The minimum Gasteiger partial charge on any atom is -0.294 e. The number of carbonyl (C=O) groups is 1. The Balaban J connectivity index is 2.68. The van der Waals surface area contributed by atoms with Crippen molar-refractivity contribution >= 4 is 5.78 Å². The monoisotopic (exact) mass is 150 g/mol. The molecule has 0 aromatic carbocycles. The maximum Gasteiger partial charge on any atom is 0.166 e. The van der Waals surface area contributed by atoms with E-state index in [1.807, 2.05) is 6.08 Å². The molecule has 0 bridgehead atoms. The second-order valence-electron chi connectivity index (χ2n) is 2.87. The van der Waals surface area contributed by atoms with Gasteiger partial charge in [0.15, 0.2) is 5.78 Å². The summed E-state index contributed by atoms with van der Waals surface area (Å²) in [4.78, 5) is 11.2. The molecule has 0 heterocycles. The molecule has 0 unspecified atom stereocenters. The highest BCUT2D eigenvalue weighted by Crippen LogP contribution is 2.18. The zero-order valence-electron chi connectivity index (χ0n) is 7.02. The van der Waals surface area contributed by atoms with Gasteiger partial charge in [0, 0.05) is 12.0 Å². The number of hydrogen-bond donors (Lipinski definition) is 0. The van der Waals surface area contributed by atoms with Crippen LogP contribution in [0.25, 0.3) is 0 Å². The van der Waals surface area contributed by atoms with Gasteiger partial charge in [-0.1, -0.05) is 6.92 Å². The molecule has 60 valence electrons. The molecule has 1 aliphatic carbocycles. The summed E-state index contributed by atoms with van der Waals surface area (Å²) in [6, 6.07) is 0. The summed E-state index contributed by atoms with van der Waals surface area (Å²) in [5, 5.41) is 0. The lowest BCUT2D eigenvalue weighted by molar-refractivity contribution is -0.116. The smallest absolute Gasteiger partial charge is 0.166 e. The number of carbonyl (C=O) groups excluding carboxylic acids is 1. The van der Waals surface area contributed by atoms with Gasteiger partial charge in [-0.2, -0.15) is 0 Å². The fraction of sp³-hybridized carbons (Fsp3) is 0.600. The summed E-state index contributed by atoms with van der Waals surface area (Å²) >= 11 is 0. The summed E-state index contributed by atoms with van der Waals surface area (Å²) < 4.78 is 0. The van der Waals surface area contributed by atoms with Crippen LogP contribution in [-0.2, 0) is 4.79 Å². The fourth-order valence-electron chi connectivity index (χ4n) is 1.26. The van der Waals surface area contributed by atoms with E-state index in [1.165, 1.54) is 0 Å². The van der Waals surface area contributed by atoms with Crippen molar-refractivity contribution in [1.29, 1.82) is 0 Å². The highest BCUT2D eigenvalue weighted by molar-refractivity contribution is 5.95. The standard InChI is InChI=1S/C10H14O/c1-2-3-6-9-7-4-5-8-10(9)11/h3H,2,4-5,7-8H2,1H3. The molecule has 1 rings (SSSR count). The van der Waals surface area contributed by atoms with E-state index in [0.717, 1.165) is 37.7 Å². The number of hydrogen-bond acceptors (Lipinski definition) is 1. The molecule has 11 heavy (non-hydrogen) atoms.